The number of nitrogens with zero attached hydrogens (tertiary/aromatic N) is 2. The van der Waals surface area contributed by atoms with Gasteiger partial charge in [0.1, 0.15) is 18.2 Å². The molecular weight excluding hydrogens is 420 g/mol. The molecule has 0 fully saturated rings. The van der Waals surface area contributed by atoms with Gasteiger partial charge in [0.25, 0.3) is 0 Å². The number of nitriles is 1. The van der Waals surface area contributed by atoms with Gasteiger partial charge in [0.2, 0.25) is 0 Å². The normalized spacial score (nSPS) is 13.1. The Balaban J connectivity index is 1.70. The number of aryl methyl sites for hydroxylation is 1. The van der Waals surface area contributed by atoms with E-state index in [1.54, 1.807) is 13.2 Å². The Hall–Kier alpha value is -2.92. The van der Waals surface area contributed by atoms with Crippen molar-refractivity contribution in [3.05, 3.63) is 46.5 Å². The molecule has 33 heavy (non-hydrogen) atoms. The molecule has 2 aromatic carbocycles. The predicted molar refractivity (Wildman–Crippen MR) is 128 cm³/mol. The van der Waals surface area contributed by atoms with Crippen molar-refractivity contribution in [2.24, 2.45) is 0 Å². The molecule has 0 heterocycles. The number of carbonyl (C=O) groups is 1. The molecule has 0 atom stereocenters. The smallest absolute Gasteiger partial charge is 0.348 e. The molecule has 0 radical (unpaired) electrons. The van der Waals surface area contributed by atoms with Crippen molar-refractivity contribution in [3.8, 4) is 6.07 Å². The zero-order chi connectivity index (χ0) is 23.6. The Morgan fingerprint density at radius 2 is 1.79 bits per heavy atom. The number of rotatable bonds is 12. The number of hydrogen-bond donors (Lipinski definition) is 0. The van der Waals surface area contributed by atoms with E-state index in [1.807, 2.05) is 25.1 Å². The van der Waals surface area contributed by atoms with Gasteiger partial charge in [0.05, 0.1) is 33.0 Å². The summed E-state index contributed by atoms with van der Waals surface area (Å²) in [6.07, 6.45) is 4.72. The fraction of sp³-hybridized carbons (Fsp3) is 0.462. The van der Waals surface area contributed by atoms with E-state index >= 15 is 0 Å². The van der Waals surface area contributed by atoms with E-state index in [2.05, 4.69) is 24.3 Å². The highest BCUT2D eigenvalue weighted by Gasteiger charge is 2.20. The topological polar surface area (TPSA) is 81.0 Å². The standard InChI is InChI=1S/C26H32N2O5/c1-28(2)22-8-7-20-15-19-5-4-6-23(19)25(24(20)17-22)16-21(18-27)26(29)33-14-13-32-12-11-31-10-9-30-3/h7-8,15-17H,4-6,9-14H2,1-3H3/b21-16+. The van der Waals surface area contributed by atoms with Crippen LogP contribution in [0, 0.1) is 11.3 Å². The molecule has 0 bridgehead atoms. The molecule has 0 amide bonds. The van der Waals surface area contributed by atoms with Crippen LogP contribution in [0.25, 0.3) is 16.8 Å². The summed E-state index contributed by atoms with van der Waals surface area (Å²) in [5.41, 5.74) is 4.52. The number of esters is 1. The third-order valence-corrected chi connectivity index (χ3v) is 5.65. The Morgan fingerprint density at radius 1 is 1.06 bits per heavy atom. The van der Waals surface area contributed by atoms with Gasteiger partial charge in [-0.2, -0.15) is 5.26 Å². The SMILES string of the molecule is COCCOCCOCCOC(=O)/C(C#N)=C/c1c2c(cc3ccc(N(C)C)cc13)CCC2. The Morgan fingerprint density at radius 3 is 2.48 bits per heavy atom. The molecular formula is C26H32N2O5. The maximum absolute atomic E-state index is 12.6. The maximum Gasteiger partial charge on any atom is 0.348 e. The molecule has 0 saturated heterocycles. The largest absolute Gasteiger partial charge is 0.459 e. The van der Waals surface area contributed by atoms with E-state index in [9.17, 15) is 10.1 Å². The monoisotopic (exact) mass is 452 g/mol. The maximum atomic E-state index is 12.6. The molecule has 0 N–H and O–H groups in total. The highest BCUT2D eigenvalue weighted by atomic mass is 16.6. The lowest BCUT2D eigenvalue weighted by molar-refractivity contribution is -0.140. The van der Waals surface area contributed by atoms with Crippen LogP contribution in [0.4, 0.5) is 5.69 Å². The minimum Gasteiger partial charge on any atom is -0.459 e. The first kappa shape index (κ1) is 24.7. The summed E-state index contributed by atoms with van der Waals surface area (Å²) in [4.78, 5) is 14.6. The van der Waals surface area contributed by atoms with Crippen molar-refractivity contribution in [3.63, 3.8) is 0 Å². The summed E-state index contributed by atoms with van der Waals surface area (Å²) < 4.78 is 20.9. The van der Waals surface area contributed by atoms with Crippen LogP contribution < -0.4 is 4.90 Å². The van der Waals surface area contributed by atoms with E-state index in [0.717, 1.165) is 41.3 Å². The van der Waals surface area contributed by atoms with Gasteiger partial charge < -0.3 is 23.8 Å². The van der Waals surface area contributed by atoms with E-state index < -0.39 is 5.97 Å². The van der Waals surface area contributed by atoms with Crippen LogP contribution in [0.1, 0.15) is 23.1 Å². The fourth-order valence-electron chi connectivity index (χ4n) is 3.95. The fourth-order valence-corrected chi connectivity index (χ4v) is 3.95. The number of fused-ring (bicyclic) bond motifs is 2. The zero-order valence-corrected chi connectivity index (χ0v) is 19.7. The van der Waals surface area contributed by atoms with Crippen LogP contribution in [0.15, 0.2) is 29.8 Å². The predicted octanol–water partition coefficient (Wildman–Crippen LogP) is 3.52. The number of carbonyl (C=O) groups excluding carboxylic acids is 1. The molecule has 1 aliphatic rings. The van der Waals surface area contributed by atoms with Crippen LogP contribution in [0.5, 0.6) is 0 Å². The first-order valence-electron chi connectivity index (χ1n) is 11.2. The average molecular weight is 453 g/mol. The van der Waals surface area contributed by atoms with Gasteiger partial charge in [-0.25, -0.2) is 4.79 Å². The molecule has 0 aliphatic heterocycles. The van der Waals surface area contributed by atoms with Gasteiger partial charge in [0, 0.05) is 26.9 Å². The van der Waals surface area contributed by atoms with Gasteiger partial charge >= 0.3 is 5.97 Å². The van der Waals surface area contributed by atoms with Crippen LogP contribution >= 0.6 is 0 Å². The Labute approximate surface area is 195 Å². The zero-order valence-electron chi connectivity index (χ0n) is 19.7. The molecule has 176 valence electrons. The van der Waals surface area contributed by atoms with E-state index in [4.69, 9.17) is 18.9 Å². The van der Waals surface area contributed by atoms with Crippen molar-refractivity contribution in [2.45, 2.75) is 19.3 Å². The molecule has 0 spiro atoms. The molecule has 7 nitrogen and oxygen atoms in total. The first-order valence-corrected chi connectivity index (χ1v) is 11.2. The Kier molecular flexibility index (Phi) is 9.25. The summed E-state index contributed by atoms with van der Waals surface area (Å²) in [5.74, 6) is -0.634. The van der Waals surface area contributed by atoms with E-state index in [-0.39, 0.29) is 18.8 Å². The number of benzene rings is 2. The average Bonchev–Trinajstić information content (AvgIpc) is 3.28. The molecule has 0 unspecified atom stereocenters. The first-order chi connectivity index (χ1) is 16.0. The third kappa shape index (κ3) is 6.55. The molecule has 2 aromatic rings. The lowest BCUT2D eigenvalue weighted by atomic mass is 9.93. The summed E-state index contributed by atoms with van der Waals surface area (Å²) >= 11 is 0. The molecule has 1 aliphatic carbocycles. The van der Waals surface area contributed by atoms with Gasteiger partial charge in [-0.15, -0.1) is 0 Å². The van der Waals surface area contributed by atoms with Gasteiger partial charge in [0.15, 0.2) is 0 Å². The van der Waals surface area contributed by atoms with Crippen LogP contribution in [-0.2, 0) is 36.6 Å². The summed E-state index contributed by atoms with van der Waals surface area (Å²) in [7, 11) is 5.61. The van der Waals surface area contributed by atoms with Gasteiger partial charge in [-0.3, -0.25) is 0 Å². The van der Waals surface area contributed by atoms with Crippen molar-refractivity contribution in [1.29, 1.82) is 5.26 Å². The molecule has 3 rings (SSSR count). The molecule has 0 aromatic heterocycles. The summed E-state index contributed by atoms with van der Waals surface area (Å²) in [6.45, 7) is 2.22. The minimum atomic E-state index is -0.634. The highest BCUT2D eigenvalue weighted by Crippen LogP contribution is 2.35. The van der Waals surface area contributed by atoms with Crippen LogP contribution in [0.2, 0.25) is 0 Å². The number of methoxy groups -OCH3 is 1. The van der Waals surface area contributed by atoms with Crippen molar-refractivity contribution in [2.75, 3.05) is 65.7 Å². The van der Waals surface area contributed by atoms with Crippen molar-refractivity contribution < 1.29 is 23.7 Å². The quantitative estimate of drug-likeness (QED) is 0.211. The van der Waals surface area contributed by atoms with Crippen molar-refractivity contribution >= 4 is 28.5 Å². The second-order valence-corrected chi connectivity index (χ2v) is 8.10. The third-order valence-electron chi connectivity index (χ3n) is 5.65. The second-order valence-electron chi connectivity index (χ2n) is 8.10. The van der Waals surface area contributed by atoms with E-state index in [0.29, 0.717) is 26.4 Å². The second kappa shape index (κ2) is 12.4. The number of hydrogen-bond acceptors (Lipinski definition) is 7. The van der Waals surface area contributed by atoms with Crippen LogP contribution in [0.3, 0.4) is 0 Å². The minimum absolute atomic E-state index is 0.00486. The van der Waals surface area contributed by atoms with Crippen LogP contribution in [-0.4, -0.2) is 66.8 Å². The van der Waals surface area contributed by atoms with E-state index in [1.165, 1.54) is 11.1 Å². The Bertz CT molecular complexity index is 1040. The van der Waals surface area contributed by atoms with Gasteiger partial charge in [-0.1, -0.05) is 12.1 Å². The summed E-state index contributed by atoms with van der Waals surface area (Å²) in [6, 6.07) is 10.6. The molecule has 7 heteroatoms. The summed E-state index contributed by atoms with van der Waals surface area (Å²) in [5, 5.41) is 11.8. The van der Waals surface area contributed by atoms with Crippen molar-refractivity contribution in [1.82, 2.24) is 0 Å². The van der Waals surface area contributed by atoms with Gasteiger partial charge in [-0.05, 0) is 64.9 Å². The lowest BCUT2D eigenvalue weighted by Gasteiger charge is -2.16. The highest BCUT2D eigenvalue weighted by molar-refractivity contribution is 6.03. The number of ether oxygens (including phenoxy) is 4. The lowest BCUT2D eigenvalue weighted by Crippen LogP contribution is -2.14. The number of anilines is 1. The molecule has 0 saturated carbocycles.